The van der Waals surface area contributed by atoms with Crippen LogP contribution in [0.3, 0.4) is 0 Å². The number of hydrogen-bond donors (Lipinski definition) is 4. The lowest BCUT2D eigenvalue weighted by molar-refractivity contribution is 0.0699. The Balaban J connectivity index is 2.24. The van der Waals surface area contributed by atoms with Gasteiger partial charge in [-0.2, -0.15) is 0 Å². The van der Waals surface area contributed by atoms with E-state index < -0.39 is 5.97 Å². The fraction of sp³-hybridized carbons (Fsp3) is 0. The van der Waals surface area contributed by atoms with E-state index in [1.54, 1.807) is 18.2 Å². The third kappa shape index (κ3) is 2.53. The van der Waals surface area contributed by atoms with Crippen molar-refractivity contribution in [3.8, 4) is 28.2 Å². The van der Waals surface area contributed by atoms with Crippen molar-refractivity contribution in [2.75, 3.05) is 11.5 Å². The quantitative estimate of drug-likeness (QED) is 0.317. The normalized spacial score (nSPS) is 11.1. The topological polar surface area (TPSA) is 140 Å². The number of fused-ring (bicyclic) bond motifs is 2. The largest absolute Gasteiger partial charge is 0.508 e. The summed E-state index contributed by atoms with van der Waals surface area (Å²) in [6, 6.07) is 11.8. The van der Waals surface area contributed by atoms with Crippen LogP contribution in [0.15, 0.2) is 57.7 Å². The lowest BCUT2D eigenvalue weighted by Crippen LogP contribution is -2.09. The number of aromatic hydroxyl groups is 1. The molecule has 2 aliphatic rings. The molecule has 6 N–H and O–H groups in total. The van der Waals surface area contributed by atoms with Crippen molar-refractivity contribution in [2.45, 2.75) is 0 Å². The molecule has 134 valence electrons. The number of rotatable bonds is 2. The lowest BCUT2D eigenvalue weighted by atomic mass is 9.89. The molecule has 0 radical (unpaired) electrons. The molecule has 0 bridgehead atoms. The van der Waals surface area contributed by atoms with Crippen molar-refractivity contribution < 1.29 is 19.4 Å². The van der Waals surface area contributed by atoms with Gasteiger partial charge in [0, 0.05) is 28.6 Å². The van der Waals surface area contributed by atoms with Crippen molar-refractivity contribution in [2.24, 2.45) is 0 Å². The maximum atomic E-state index is 11.9. The van der Waals surface area contributed by atoms with Gasteiger partial charge in [-0.05, 0) is 35.9 Å². The van der Waals surface area contributed by atoms with Crippen LogP contribution in [-0.2, 0) is 0 Å². The van der Waals surface area contributed by atoms with E-state index in [-0.39, 0.29) is 33.9 Å². The molecule has 1 heterocycles. The fourth-order valence-electron chi connectivity index (χ4n) is 3.22. The smallest absolute Gasteiger partial charge is 0.338 e. The highest BCUT2D eigenvalue weighted by molar-refractivity contribution is 6.11. The molecule has 27 heavy (non-hydrogen) atoms. The van der Waals surface area contributed by atoms with Gasteiger partial charge in [-0.1, -0.05) is 6.07 Å². The number of phenols is 1. The summed E-state index contributed by atoms with van der Waals surface area (Å²) in [5.74, 6) is -0.983. The lowest BCUT2D eigenvalue weighted by Gasteiger charge is -2.18. The maximum absolute atomic E-state index is 11.9. The summed E-state index contributed by atoms with van der Waals surface area (Å²) in [4.78, 5) is 23.7. The molecule has 7 heteroatoms. The Labute approximate surface area is 152 Å². The number of benzene rings is 3. The Bertz CT molecular complexity index is 1260. The molecule has 1 aliphatic heterocycles. The van der Waals surface area contributed by atoms with Gasteiger partial charge < -0.3 is 26.1 Å². The van der Waals surface area contributed by atoms with E-state index in [0.29, 0.717) is 27.7 Å². The maximum Gasteiger partial charge on any atom is 0.338 e. The molecule has 0 saturated heterocycles. The molecule has 4 rings (SSSR count). The molecule has 1 aliphatic carbocycles. The predicted molar refractivity (Wildman–Crippen MR) is 102 cm³/mol. The van der Waals surface area contributed by atoms with Crippen LogP contribution in [0.5, 0.6) is 5.75 Å². The number of nitrogens with two attached hydrogens (primary N) is 2. The van der Waals surface area contributed by atoms with Gasteiger partial charge in [0.15, 0.2) is 5.43 Å². The van der Waals surface area contributed by atoms with Gasteiger partial charge in [-0.3, -0.25) is 4.79 Å². The summed E-state index contributed by atoms with van der Waals surface area (Å²) in [5.41, 5.74) is 13.2. The van der Waals surface area contributed by atoms with E-state index in [1.807, 2.05) is 0 Å². The van der Waals surface area contributed by atoms with Crippen molar-refractivity contribution >= 4 is 28.3 Å². The second-order valence-corrected chi connectivity index (χ2v) is 6.11. The van der Waals surface area contributed by atoms with Gasteiger partial charge in [0.1, 0.15) is 17.1 Å². The molecular formula is C20H14N2O5. The van der Waals surface area contributed by atoms with Crippen LogP contribution in [0, 0.1) is 0 Å². The van der Waals surface area contributed by atoms with Gasteiger partial charge >= 0.3 is 5.97 Å². The van der Waals surface area contributed by atoms with E-state index >= 15 is 0 Å². The molecule has 0 spiro atoms. The molecule has 2 aromatic carbocycles. The van der Waals surface area contributed by atoms with E-state index in [2.05, 4.69) is 0 Å². The average molecular weight is 362 g/mol. The highest BCUT2D eigenvalue weighted by Crippen LogP contribution is 2.43. The molecule has 7 nitrogen and oxygen atoms in total. The molecule has 0 aromatic heterocycles. The van der Waals surface area contributed by atoms with Crippen molar-refractivity contribution in [3.63, 3.8) is 0 Å². The third-order valence-corrected chi connectivity index (χ3v) is 4.44. The summed E-state index contributed by atoms with van der Waals surface area (Å²) >= 11 is 0. The van der Waals surface area contributed by atoms with Gasteiger partial charge in [0.2, 0.25) is 0 Å². The highest BCUT2D eigenvalue weighted by atomic mass is 16.4. The third-order valence-electron chi connectivity index (χ3n) is 4.44. The van der Waals surface area contributed by atoms with Gasteiger partial charge in [0.25, 0.3) is 0 Å². The first kappa shape index (κ1) is 16.5. The Morgan fingerprint density at radius 3 is 2.44 bits per heavy atom. The summed E-state index contributed by atoms with van der Waals surface area (Å²) in [6.07, 6.45) is 0. The molecule has 0 amide bonds. The Hall–Kier alpha value is -4.00. The first-order valence-electron chi connectivity index (χ1n) is 7.98. The number of nitrogen functional groups attached to an aromatic ring is 2. The monoisotopic (exact) mass is 362 g/mol. The number of hydrogen-bond acceptors (Lipinski definition) is 6. The molecule has 0 fully saturated rings. The van der Waals surface area contributed by atoms with Crippen molar-refractivity contribution in [1.82, 2.24) is 0 Å². The second-order valence-electron chi connectivity index (χ2n) is 6.11. The summed E-state index contributed by atoms with van der Waals surface area (Å²) in [7, 11) is 0. The zero-order valence-corrected chi connectivity index (χ0v) is 13.9. The van der Waals surface area contributed by atoms with Crippen LogP contribution < -0.4 is 16.9 Å². The van der Waals surface area contributed by atoms with Crippen molar-refractivity contribution in [3.05, 3.63) is 64.3 Å². The zero-order chi connectivity index (χ0) is 19.3. The second kappa shape index (κ2) is 5.77. The SMILES string of the molecule is Nc1ccc(-c2c3ccc(=O)cc-3oc3cc(O)ccc23)c(C(=O)O)c1N. The van der Waals surface area contributed by atoms with Gasteiger partial charge in [-0.25, -0.2) is 4.79 Å². The van der Waals surface area contributed by atoms with Crippen LogP contribution >= 0.6 is 0 Å². The van der Waals surface area contributed by atoms with Crippen molar-refractivity contribution in [1.29, 1.82) is 0 Å². The number of carboxylic acids is 1. The highest BCUT2D eigenvalue weighted by Gasteiger charge is 2.24. The minimum absolute atomic E-state index is 0.0230. The van der Waals surface area contributed by atoms with Crippen LogP contribution in [0.25, 0.3) is 33.4 Å². The summed E-state index contributed by atoms with van der Waals surface area (Å²) in [5, 5.41) is 20.1. The van der Waals surface area contributed by atoms with E-state index in [4.69, 9.17) is 15.9 Å². The molecule has 0 unspecified atom stereocenters. The van der Waals surface area contributed by atoms with E-state index in [0.717, 1.165) is 0 Å². The number of anilines is 2. The first-order chi connectivity index (χ1) is 12.9. The number of carbonyl (C=O) groups is 1. The summed E-state index contributed by atoms with van der Waals surface area (Å²) < 4.78 is 5.76. The predicted octanol–water partition coefficient (Wildman–Crippen LogP) is 3.13. The fourth-order valence-corrected chi connectivity index (χ4v) is 3.22. The van der Waals surface area contributed by atoms with Gasteiger partial charge in [-0.15, -0.1) is 0 Å². The Morgan fingerprint density at radius 2 is 1.70 bits per heavy atom. The minimum atomic E-state index is -1.23. The van der Waals surface area contributed by atoms with Crippen LogP contribution in [0.1, 0.15) is 10.4 Å². The molecule has 2 aromatic rings. The molecule has 0 saturated carbocycles. The Morgan fingerprint density at radius 1 is 0.963 bits per heavy atom. The zero-order valence-electron chi connectivity index (χ0n) is 13.9. The standard InChI is InChI=1S/C20H14N2O5/c21-14-6-5-13(18(19(14)22)20(25)26)17-11-3-1-9(23)7-15(11)27-16-8-10(24)2-4-12(16)17/h1-8,23H,21-22H2,(H,25,26). The average Bonchev–Trinajstić information content (AvgIpc) is 2.61. The molecule has 0 atom stereocenters. The molecular weight excluding hydrogens is 348 g/mol. The van der Waals surface area contributed by atoms with Crippen LogP contribution in [-0.4, -0.2) is 16.2 Å². The van der Waals surface area contributed by atoms with Crippen LogP contribution in [0.2, 0.25) is 0 Å². The number of aromatic carboxylic acids is 1. The van der Waals surface area contributed by atoms with E-state index in [9.17, 15) is 19.8 Å². The Kier molecular flexibility index (Phi) is 3.52. The summed E-state index contributed by atoms with van der Waals surface area (Å²) in [6.45, 7) is 0. The first-order valence-corrected chi connectivity index (χ1v) is 7.98. The minimum Gasteiger partial charge on any atom is -0.508 e. The number of carboxylic acid groups (broad SMARTS) is 1. The van der Waals surface area contributed by atoms with Gasteiger partial charge in [0.05, 0.1) is 16.9 Å². The van der Waals surface area contributed by atoms with Crippen LogP contribution in [0.4, 0.5) is 11.4 Å². The van der Waals surface area contributed by atoms with E-state index in [1.165, 1.54) is 30.3 Å². The number of phenolic OH excluding ortho intramolecular Hbond substituents is 1.